The third-order valence-electron chi connectivity index (χ3n) is 4.52. The lowest BCUT2D eigenvalue weighted by Crippen LogP contribution is -2.23. The summed E-state index contributed by atoms with van der Waals surface area (Å²) in [6, 6.07) is 19.7. The second kappa shape index (κ2) is 7.65. The van der Waals surface area contributed by atoms with E-state index in [2.05, 4.69) is 18.8 Å². The average Bonchev–Trinajstić information content (AvgIpc) is 3.33. The molecule has 0 unspecified atom stereocenters. The number of anilines is 1. The number of para-hydroxylation sites is 1. The van der Waals surface area contributed by atoms with Crippen LogP contribution in [0.4, 0.5) is 5.69 Å². The lowest BCUT2D eigenvalue weighted by molar-refractivity contribution is 0.101. The van der Waals surface area contributed by atoms with Crippen LogP contribution in [0.1, 0.15) is 41.3 Å². The molecule has 132 valence electrons. The molecular formula is C24H19NOS. The summed E-state index contributed by atoms with van der Waals surface area (Å²) in [5, 5.41) is 4.07. The third-order valence-corrected chi connectivity index (χ3v) is 5.20. The molecule has 0 aliphatic carbocycles. The van der Waals surface area contributed by atoms with Crippen molar-refractivity contribution >= 4 is 28.6 Å². The van der Waals surface area contributed by atoms with Gasteiger partial charge in [-0.05, 0) is 36.1 Å². The molecule has 1 aromatic heterocycles. The number of carbonyl (C=O) groups is 1. The number of amides is 1. The predicted molar refractivity (Wildman–Crippen MR) is 113 cm³/mol. The van der Waals surface area contributed by atoms with Gasteiger partial charge in [-0.1, -0.05) is 61.6 Å². The molecule has 3 heteroatoms. The lowest BCUT2D eigenvalue weighted by Gasteiger charge is -2.20. The van der Waals surface area contributed by atoms with Crippen LogP contribution in [0.3, 0.4) is 0 Å². The van der Waals surface area contributed by atoms with E-state index >= 15 is 0 Å². The molecule has 1 aliphatic heterocycles. The Bertz CT molecular complexity index is 1050. The van der Waals surface area contributed by atoms with Gasteiger partial charge in [-0.3, -0.25) is 9.69 Å². The molecule has 27 heavy (non-hydrogen) atoms. The van der Waals surface area contributed by atoms with Gasteiger partial charge in [0, 0.05) is 33.3 Å². The Morgan fingerprint density at radius 2 is 1.74 bits per heavy atom. The highest BCUT2D eigenvalue weighted by molar-refractivity contribution is 7.08. The van der Waals surface area contributed by atoms with E-state index in [1.54, 1.807) is 11.3 Å². The Balaban J connectivity index is 1.93. The first kappa shape index (κ1) is 17.3. The first-order valence-electron chi connectivity index (χ1n) is 9.06. The van der Waals surface area contributed by atoms with Gasteiger partial charge in [-0.25, -0.2) is 0 Å². The number of allylic oxidation sites excluding steroid dienone is 1. The van der Waals surface area contributed by atoms with Crippen molar-refractivity contribution in [2.75, 3.05) is 4.90 Å². The number of nitrogens with zero attached hydrogens (tertiary/aromatic N) is 1. The van der Waals surface area contributed by atoms with Crippen LogP contribution >= 0.6 is 11.3 Å². The standard InChI is InChI=1S/C24H19NOS/c1-2-8-19(14-13-18-15-16-27-17-18)23-21-11-6-7-12-22(21)24(26)25(23)20-9-4-3-5-10-20/h3-7,9-12,15-17H,2,8H2,1H3. The van der Waals surface area contributed by atoms with Crippen molar-refractivity contribution in [2.45, 2.75) is 19.8 Å². The van der Waals surface area contributed by atoms with Gasteiger partial charge in [0.25, 0.3) is 5.91 Å². The normalized spacial score (nSPS) is 14.6. The monoisotopic (exact) mass is 369 g/mol. The highest BCUT2D eigenvalue weighted by Crippen LogP contribution is 2.39. The topological polar surface area (TPSA) is 20.3 Å². The summed E-state index contributed by atoms with van der Waals surface area (Å²) < 4.78 is 0. The summed E-state index contributed by atoms with van der Waals surface area (Å²) in [6.07, 6.45) is 1.80. The highest BCUT2D eigenvalue weighted by Gasteiger charge is 2.34. The first-order valence-corrected chi connectivity index (χ1v) is 10.00. The van der Waals surface area contributed by atoms with E-state index in [1.807, 2.05) is 76.3 Å². The SMILES string of the molecule is CCCC(C#Cc1ccsc1)=C1c2ccccc2C(=O)N1c1ccccc1. The number of rotatable bonds is 3. The summed E-state index contributed by atoms with van der Waals surface area (Å²) in [4.78, 5) is 15.0. The molecule has 0 radical (unpaired) electrons. The maximum atomic E-state index is 13.2. The molecule has 0 atom stereocenters. The van der Waals surface area contributed by atoms with Crippen molar-refractivity contribution in [2.24, 2.45) is 0 Å². The van der Waals surface area contributed by atoms with E-state index in [0.29, 0.717) is 0 Å². The van der Waals surface area contributed by atoms with Crippen LogP contribution in [-0.2, 0) is 0 Å². The van der Waals surface area contributed by atoms with Crippen molar-refractivity contribution in [1.82, 2.24) is 0 Å². The zero-order valence-corrected chi connectivity index (χ0v) is 15.9. The van der Waals surface area contributed by atoms with Crippen LogP contribution < -0.4 is 4.90 Å². The fourth-order valence-electron chi connectivity index (χ4n) is 3.31. The Kier molecular flexibility index (Phi) is 4.91. The number of benzene rings is 2. The average molecular weight is 369 g/mol. The quantitative estimate of drug-likeness (QED) is 0.521. The Morgan fingerprint density at radius 1 is 1.00 bits per heavy atom. The van der Waals surface area contributed by atoms with Crippen LogP contribution in [-0.4, -0.2) is 5.91 Å². The van der Waals surface area contributed by atoms with Crippen LogP contribution in [0.5, 0.6) is 0 Å². The molecule has 0 saturated heterocycles. The third kappa shape index (κ3) is 3.32. The fraction of sp³-hybridized carbons (Fsp3) is 0.125. The Morgan fingerprint density at radius 3 is 2.44 bits per heavy atom. The van der Waals surface area contributed by atoms with Crippen LogP contribution in [0.15, 0.2) is 77.0 Å². The van der Waals surface area contributed by atoms with Gasteiger partial charge in [0.1, 0.15) is 0 Å². The second-order valence-corrected chi connectivity index (χ2v) is 7.14. The summed E-state index contributed by atoms with van der Waals surface area (Å²) in [6.45, 7) is 2.14. The Hall–Kier alpha value is -3.09. The Labute approximate surface area is 163 Å². The fourth-order valence-corrected chi connectivity index (χ4v) is 3.90. The van der Waals surface area contributed by atoms with Crippen LogP contribution in [0.25, 0.3) is 5.70 Å². The molecule has 0 N–H and O–H groups in total. The zero-order chi connectivity index (χ0) is 18.6. The minimum Gasteiger partial charge on any atom is -0.275 e. The van der Waals surface area contributed by atoms with Crippen molar-refractivity contribution in [3.05, 3.63) is 93.7 Å². The largest absolute Gasteiger partial charge is 0.275 e. The second-order valence-electron chi connectivity index (χ2n) is 6.36. The number of thiophene rings is 1. The molecule has 0 fully saturated rings. The maximum absolute atomic E-state index is 13.2. The van der Waals surface area contributed by atoms with Crippen LogP contribution in [0, 0.1) is 11.8 Å². The van der Waals surface area contributed by atoms with E-state index in [0.717, 1.165) is 46.5 Å². The van der Waals surface area contributed by atoms with Gasteiger partial charge in [-0.15, -0.1) is 0 Å². The minimum atomic E-state index is 0.0118. The first-order chi connectivity index (χ1) is 13.3. The van der Waals surface area contributed by atoms with Gasteiger partial charge in [0.2, 0.25) is 0 Å². The zero-order valence-electron chi connectivity index (χ0n) is 15.1. The molecule has 0 saturated carbocycles. The van der Waals surface area contributed by atoms with Crippen molar-refractivity contribution in [3.63, 3.8) is 0 Å². The molecule has 2 nitrogen and oxygen atoms in total. The molecule has 2 heterocycles. The van der Waals surface area contributed by atoms with Gasteiger partial charge in [-0.2, -0.15) is 11.3 Å². The van der Waals surface area contributed by atoms with Gasteiger partial charge in [0.15, 0.2) is 0 Å². The molecule has 0 bridgehead atoms. The van der Waals surface area contributed by atoms with Crippen molar-refractivity contribution in [3.8, 4) is 11.8 Å². The van der Waals surface area contributed by atoms with Gasteiger partial charge < -0.3 is 0 Å². The molecule has 3 aromatic rings. The smallest absolute Gasteiger partial charge is 0.263 e. The predicted octanol–water partition coefficient (Wildman–Crippen LogP) is 5.97. The molecule has 2 aromatic carbocycles. The molecular weight excluding hydrogens is 350 g/mol. The number of hydrogen-bond donors (Lipinski definition) is 0. The van der Waals surface area contributed by atoms with E-state index in [9.17, 15) is 4.79 Å². The van der Waals surface area contributed by atoms with Gasteiger partial charge in [0.05, 0.1) is 5.70 Å². The molecule has 4 rings (SSSR count). The van der Waals surface area contributed by atoms with E-state index in [1.165, 1.54) is 0 Å². The summed E-state index contributed by atoms with van der Waals surface area (Å²) in [7, 11) is 0. The number of carbonyl (C=O) groups excluding carboxylic acids is 1. The number of hydrogen-bond acceptors (Lipinski definition) is 2. The van der Waals surface area contributed by atoms with E-state index in [4.69, 9.17) is 0 Å². The minimum absolute atomic E-state index is 0.0118. The van der Waals surface area contributed by atoms with Crippen molar-refractivity contribution < 1.29 is 4.79 Å². The van der Waals surface area contributed by atoms with Gasteiger partial charge >= 0.3 is 0 Å². The lowest BCUT2D eigenvalue weighted by atomic mass is 10.0. The highest BCUT2D eigenvalue weighted by atomic mass is 32.1. The summed E-state index contributed by atoms with van der Waals surface area (Å²) in [5.74, 6) is 6.65. The van der Waals surface area contributed by atoms with E-state index < -0.39 is 0 Å². The molecule has 1 aliphatic rings. The number of fused-ring (bicyclic) bond motifs is 1. The maximum Gasteiger partial charge on any atom is 0.263 e. The summed E-state index contributed by atoms with van der Waals surface area (Å²) in [5.41, 5.74) is 5.52. The molecule has 0 spiro atoms. The van der Waals surface area contributed by atoms with Crippen LogP contribution in [0.2, 0.25) is 0 Å². The molecule has 1 amide bonds. The summed E-state index contributed by atoms with van der Waals surface area (Å²) >= 11 is 1.64. The van der Waals surface area contributed by atoms with E-state index in [-0.39, 0.29) is 5.91 Å². The van der Waals surface area contributed by atoms with Crippen molar-refractivity contribution in [1.29, 1.82) is 0 Å².